The highest BCUT2D eigenvalue weighted by Crippen LogP contribution is 2.21. The predicted molar refractivity (Wildman–Crippen MR) is 64.4 cm³/mol. The summed E-state index contributed by atoms with van der Waals surface area (Å²) >= 11 is 3.33. The third-order valence-corrected chi connectivity index (χ3v) is 3.92. The standard InChI is InChI=1S/C11H18BrNO3/c1-3-8(12)10(14)13-7-5-4-6-9(13)11(15)16-2/h8-9H,3-7H2,1-2H3. The van der Waals surface area contributed by atoms with Gasteiger partial charge in [0.1, 0.15) is 6.04 Å². The van der Waals surface area contributed by atoms with Crippen LogP contribution in [0.1, 0.15) is 32.6 Å². The monoisotopic (exact) mass is 291 g/mol. The Kier molecular flexibility index (Phi) is 5.25. The van der Waals surface area contributed by atoms with E-state index in [-0.39, 0.29) is 16.7 Å². The number of ether oxygens (including phenoxy) is 1. The molecule has 5 heteroatoms. The van der Waals surface area contributed by atoms with Crippen molar-refractivity contribution in [3.05, 3.63) is 0 Å². The largest absolute Gasteiger partial charge is 0.467 e. The predicted octanol–water partition coefficient (Wildman–Crippen LogP) is 1.71. The van der Waals surface area contributed by atoms with Crippen LogP contribution in [-0.2, 0) is 14.3 Å². The van der Waals surface area contributed by atoms with Crippen molar-refractivity contribution in [3.8, 4) is 0 Å². The van der Waals surface area contributed by atoms with E-state index in [1.54, 1.807) is 4.90 Å². The number of alkyl halides is 1. The fourth-order valence-corrected chi connectivity index (χ4v) is 2.19. The van der Waals surface area contributed by atoms with Gasteiger partial charge in [-0.3, -0.25) is 4.79 Å². The van der Waals surface area contributed by atoms with Crippen LogP contribution >= 0.6 is 15.9 Å². The number of piperidine rings is 1. The van der Waals surface area contributed by atoms with Crippen molar-refractivity contribution < 1.29 is 14.3 Å². The minimum atomic E-state index is -0.391. The van der Waals surface area contributed by atoms with Crippen LogP contribution in [0.4, 0.5) is 0 Å². The van der Waals surface area contributed by atoms with Gasteiger partial charge >= 0.3 is 5.97 Å². The molecule has 1 heterocycles. The molecule has 0 radical (unpaired) electrons. The van der Waals surface area contributed by atoms with E-state index >= 15 is 0 Å². The lowest BCUT2D eigenvalue weighted by atomic mass is 10.0. The molecule has 2 atom stereocenters. The van der Waals surface area contributed by atoms with Gasteiger partial charge in [-0.05, 0) is 25.7 Å². The van der Waals surface area contributed by atoms with E-state index in [0.29, 0.717) is 13.0 Å². The van der Waals surface area contributed by atoms with E-state index in [1.165, 1.54) is 7.11 Å². The Hall–Kier alpha value is -0.580. The summed E-state index contributed by atoms with van der Waals surface area (Å²) < 4.78 is 4.74. The first-order valence-corrected chi connectivity index (χ1v) is 6.55. The topological polar surface area (TPSA) is 46.6 Å². The number of hydrogen-bond acceptors (Lipinski definition) is 3. The number of amides is 1. The summed E-state index contributed by atoms with van der Waals surface area (Å²) in [6.07, 6.45) is 3.37. The van der Waals surface area contributed by atoms with Gasteiger partial charge in [-0.1, -0.05) is 22.9 Å². The van der Waals surface area contributed by atoms with E-state index < -0.39 is 6.04 Å². The van der Waals surface area contributed by atoms with Crippen molar-refractivity contribution in [3.63, 3.8) is 0 Å². The molecule has 2 unspecified atom stereocenters. The highest BCUT2D eigenvalue weighted by atomic mass is 79.9. The number of hydrogen-bond donors (Lipinski definition) is 0. The van der Waals surface area contributed by atoms with Gasteiger partial charge in [-0.25, -0.2) is 4.79 Å². The first-order chi connectivity index (χ1) is 7.61. The maximum absolute atomic E-state index is 12.0. The second-order valence-electron chi connectivity index (χ2n) is 3.94. The number of nitrogens with zero attached hydrogens (tertiary/aromatic N) is 1. The molecule has 1 fully saturated rings. The summed E-state index contributed by atoms with van der Waals surface area (Å²) in [4.78, 5) is 25.0. The molecule has 0 saturated carbocycles. The molecule has 1 aliphatic heterocycles. The Morgan fingerprint density at radius 3 is 2.75 bits per heavy atom. The molecule has 1 amide bonds. The molecule has 1 aliphatic rings. The highest BCUT2D eigenvalue weighted by molar-refractivity contribution is 9.10. The van der Waals surface area contributed by atoms with Crippen molar-refractivity contribution in [1.82, 2.24) is 4.90 Å². The molecule has 0 bridgehead atoms. The maximum atomic E-state index is 12.0. The number of carbonyl (C=O) groups is 2. The maximum Gasteiger partial charge on any atom is 0.328 e. The van der Waals surface area contributed by atoms with Crippen molar-refractivity contribution >= 4 is 27.8 Å². The van der Waals surface area contributed by atoms with E-state index in [4.69, 9.17) is 4.74 Å². The smallest absolute Gasteiger partial charge is 0.328 e. The van der Waals surface area contributed by atoms with Crippen molar-refractivity contribution in [1.29, 1.82) is 0 Å². The van der Waals surface area contributed by atoms with Crippen LogP contribution in [0.25, 0.3) is 0 Å². The van der Waals surface area contributed by atoms with E-state index in [0.717, 1.165) is 19.3 Å². The number of carbonyl (C=O) groups excluding carboxylic acids is 2. The van der Waals surface area contributed by atoms with Crippen LogP contribution < -0.4 is 0 Å². The van der Waals surface area contributed by atoms with E-state index in [9.17, 15) is 9.59 Å². The fourth-order valence-electron chi connectivity index (χ4n) is 1.93. The zero-order valence-electron chi connectivity index (χ0n) is 9.74. The molecule has 0 spiro atoms. The third-order valence-electron chi connectivity index (χ3n) is 2.89. The number of methoxy groups -OCH3 is 1. The van der Waals surface area contributed by atoms with Gasteiger partial charge in [0.25, 0.3) is 0 Å². The normalized spacial score (nSPS) is 22.7. The summed E-state index contributed by atoms with van der Waals surface area (Å²) in [5.41, 5.74) is 0. The lowest BCUT2D eigenvalue weighted by Gasteiger charge is -2.34. The van der Waals surface area contributed by atoms with E-state index in [2.05, 4.69) is 15.9 Å². The zero-order valence-corrected chi connectivity index (χ0v) is 11.3. The van der Waals surface area contributed by atoms with Crippen molar-refractivity contribution in [2.75, 3.05) is 13.7 Å². The van der Waals surface area contributed by atoms with Crippen LogP contribution in [-0.4, -0.2) is 41.3 Å². The lowest BCUT2D eigenvalue weighted by molar-refractivity contribution is -0.154. The average Bonchev–Trinajstić information content (AvgIpc) is 2.35. The highest BCUT2D eigenvalue weighted by Gasteiger charge is 2.34. The minimum absolute atomic E-state index is 0.00222. The van der Waals surface area contributed by atoms with Gasteiger partial charge in [-0.15, -0.1) is 0 Å². The molecule has 92 valence electrons. The quantitative estimate of drug-likeness (QED) is 0.587. The Morgan fingerprint density at radius 2 is 2.19 bits per heavy atom. The average molecular weight is 292 g/mol. The van der Waals surface area contributed by atoms with E-state index in [1.807, 2.05) is 6.92 Å². The summed E-state index contributed by atoms with van der Waals surface area (Å²) in [7, 11) is 1.37. The minimum Gasteiger partial charge on any atom is -0.467 e. The third kappa shape index (κ3) is 2.97. The summed E-state index contributed by atoms with van der Waals surface area (Å²) in [5.74, 6) is -0.304. The van der Waals surface area contributed by atoms with Crippen molar-refractivity contribution in [2.24, 2.45) is 0 Å². The van der Waals surface area contributed by atoms with Crippen LogP contribution in [0, 0.1) is 0 Å². The number of rotatable bonds is 3. The molecule has 16 heavy (non-hydrogen) atoms. The van der Waals surface area contributed by atoms with Gasteiger partial charge in [0, 0.05) is 6.54 Å². The van der Waals surface area contributed by atoms with Gasteiger partial charge in [-0.2, -0.15) is 0 Å². The molecule has 1 rings (SSSR count). The SMILES string of the molecule is CCC(Br)C(=O)N1CCCCC1C(=O)OC. The number of esters is 1. The lowest BCUT2D eigenvalue weighted by Crippen LogP contribution is -2.50. The fraction of sp³-hybridized carbons (Fsp3) is 0.818. The Bertz CT molecular complexity index is 270. The van der Waals surface area contributed by atoms with Gasteiger partial charge in [0.05, 0.1) is 11.9 Å². The molecule has 0 aliphatic carbocycles. The first kappa shape index (κ1) is 13.5. The molecule has 4 nitrogen and oxygen atoms in total. The van der Waals surface area contributed by atoms with Gasteiger partial charge in [0.15, 0.2) is 0 Å². The zero-order chi connectivity index (χ0) is 12.1. The number of likely N-dealkylation sites (tertiary alicyclic amines) is 1. The van der Waals surface area contributed by atoms with Crippen LogP contribution in [0.2, 0.25) is 0 Å². The second kappa shape index (κ2) is 6.23. The van der Waals surface area contributed by atoms with Crippen LogP contribution in [0.3, 0.4) is 0 Å². The number of halogens is 1. The summed E-state index contributed by atoms with van der Waals surface area (Å²) in [6, 6.07) is -0.391. The summed E-state index contributed by atoms with van der Waals surface area (Å²) in [6.45, 7) is 2.59. The summed E-state index contributed by atoms with van der Waals surface area (Å²) in [5, 5.41) is 0. The molecule has 0 aromatic rings. The van der Waals surface area contributed by atoms with Gasteiger partial charge in [0.2, 0.25) is 5.91 Å². The Morgan fingerprint density at radius 1 is 1.50 bits per heavy atom. The van der Waals surface area contributed by atoms with Crippen LogP contribution in [0.5, 0.6) is 0 Å². The first-order valence-electron chi connectivity index (χ1n) is 5.64. The molecule has 0 aromatic heterocycles. The van der Waals surface area contributed by atoms with Crippen molar-refractivity contribution in [2.45, 2.75) is 43.5 Å². The Labute approximate surface area is 104 Å². The second-order valence-corrected chi connectivity index (χ2v) is 5.05. The van der Waals surface area contributed by atoms with Crippen LogP contribution in [0.15, 0.2) is 0 Å². The molecule has 0 N–H and O–H groups in total. The Balaban J connectivity index is 2.73. The molecular formula is C11H18BrNO3. The molecule has 1 saturated heterocycles. The molecule has 0 aromatic carbocycles. The van der Waals surface area contributed by atoms with Gasteiger partial charge < -0.3 is 9.64 Å². The molecular weight excluding hydrogens is 274 g/mol.